The number of rotatable bonds is 2. The number of benzene rings is 2. The average Bonchev–Trinajstić information content (AvgIpc) is 2.28. The number of halogens is 1. The van der Waals surface area contributed by atoms with Gasteiger partial charge in [-0.1, -0.05) is 29.8 Å². The van der Waals surface area contributed by atoms with E-state index in [0.29, 0.717) is 16.7 Å². The number of aryl methyl sites for hydroxylation is 3. The molecule has 0 aliphatic heterocycles. The zero-order valence-electron chi connectivity index (χ0n) is 10.8. The van der Waals surface area contributed by atoms with Crippen molar-refractivity contribution in [1.82, 2.24) is 0 Å². The molecule has 0 aliphatic carbocycles. The van der Waals surface area contributed by atoms with E-state index in [0.717, 1.165) is 23.0 Å². The summed E-state index contributed by atoms with van der Waals surface area (Å²) in [5.41, 5.74) is 4.47. The summed E-state index contributed by atoms with van der Waals surface area (Å²) in [4.78, 5) is 11.2. The molecule has 0 bridgehead atoms. The third-order valence-electron chi connectivity index (χ3n) is 3.06. The van der Waals surface area contributed by atoms with E-state index in [1.54, 1.807) is 6.07 Å². The monoisotopic (exact) mass is 242 g/mol. The molecule has 2 aromatic rings. The first-order chi connectivity index (χ1) is 8.52. The molecular weight excluding hydrogens is 227 g/mol. The highest BCUT2D eigenvalue weighted by molar-refractivity contribution is 5.89. The van der Waals surface area contributed by atoms with Crippen molar-refractivity contribution in [3.05, 3.63) is 58.4 Å². The Morgan fingerprint density at radius 3 is 2.28 bits per heavy atom. The quantitative estimate of drug-likeness (QED) is 0.720. The molecular formula is C16H15FO. The maximum atomic E-state index is 14.0. The highest BCUT2D eigenvalue weighted by Gasteiger charge is 2.12. The van der Waals surface area contributed by atoms with Crippen LogP contribution in [0.1, 0.15) is 27.0 Å². The molecule has 0 N–H and O–H groups in total. The highest BCUT2D eigenvalue weighted by Crippen LogP contribution is 2.29. The number of aldehydes is 1. The molecule has 0 saturated carbocycles. The van der Waals surface area contributed by atoms with E-state index in [9.17, 15) is 9.18 Å². The van der Waals surface area contributed by atoms with Crippen molar-refractivity contribution < 1.29 is 9.18 Å². The van der Waals surface area contributed by atoms with Gasteiger partial charge in [-0.25, -0.2) is 4.39 Å². The number of hydrogen-bond acceptors (Lipinski definition) is 1. The molecule has 0 unspecified atom stereocenters. The molecule has 2 aromatic carbocycles. The summed E-state index contributed by atoms with van der Waals surface area (Å²) in [5.74, 6) is -0.289. The van der Waals surface area contributed by atoms with Crippen LogP contribution in [-0.2, 0) is 0 Å². The topological polar surface area (TPSA) is 17.1 Å². The van der Waals surface area contributed by atoms with E-state index in [4.69, 9.17) is 0 Å². The van der Waals surface area contributed by atoms with Gasteiger partial charge in [-0.15, -0.1) is 0 Å². The Morgan fingerprint density at radius 2 is 1.67 bits per heavy atom. The van der Waals surface area contributed by atoms with Crippen LogP contribution in [0.5, 0.6) is 0 Å². The second kappa shape index (κ2) is 4.73. The minimum Gasteiger partial charge on any atom is -0.298 e. The normalized spacial score (nSPS) is 10.4. The van der Waals surface area contributed by atoms with Crippen molar-refractivity contribution in [2.45, 2.75) is 20.8 Å². The zero-order chi connectivity index (χ0) is 13.3. The van der Waals surface area contributed by atoms with Gasteiger partial charge < -0.3 is 0 Å². The molecule has 0 aromatic heterocycles. The number of carbonyl (C=O) groups excluding carboxylic acids is 1. The first kappa shape index (κ1) is 12.5. The third-order valence-corrected chi connectivity index (χ3v) is 3.06. The van der Waals surface area contributed by atoms with Crippen LogP contribution in [0.2, 0.25) is 0 Å². The summed E-state index contributed by atoms with van der Waals surface area (Å²) in [6, 6.07) is 8.85. The second-order valence-electron chi connectivity index (χ2n) is 4.64. The van der Waals surface area contributed by atoms with Crippen LogP contribution in [0.25, 0.3) is 11.1 Å². The minimum atomic E-state index is -0.289. The summed E-state index contributed by atoms with van der Waals surface area (Å²) in [6.45, 7) is 5.65. The van der Waals surface area contributed by atoms with Crippen LogP contribution in [0.4, 0.5) is 4.39 Å². The van der Waals surface area contributed by atoms with Gasteiger partial charge in [0, 0.05) is 11.1 Å². The summed E-state index contributed by atoms with van der Waals surface area (Å²) < 4.78 is 14.0. The van der Waals surface area contributed by atoms with Crippen LogP contribution in [0.15, 0.2) is 30.3 Å². The van der Waals surface area contributed by atoms with Crippen molar-refractivity contribution >= 4 is 6.29 Å². The first-order valence-corrected chi connectivity index (χ1v) is 5.86. The van der Waals surface area contributed by atoms with Crippen LogP contribution < -0.4 is 0 Å². The Hall–Kier alpha value is -1.96. The predicted molar refractivity (Wildman–Crippen MR) is 71.4 cm³/mol. The van der Waals surface area contributed by atoms with Crippen molar-refractivity contribution in [2.24, 2.45) is 0 Å². The molecule has 0 atom stereocenters. The maximum Gasteiger partial charge on any atom is 0.150 e. The van der Waals surface area contributed by atoms with Gasteiger partial charge in [0.25, 0.3) is 0 Å². The predicted octanol–water partition coefficient (Wildman–Crippen LogP) is 4.23. The maximum absolute atomic E-state index is 14.0. The van der Waals surface area contributed by atoms with Gasteiger partial charge in [-0.05, 0) is 43.5 Å². The highest BCUT2D eigenvalue weighted by atomic mass is 19.1. The van der Waals surface area contributed by atoms with E-state index in [1.807, 2.05) is 39.0 Å². The van der Waals surface area contributed by atoms with Gasteiger partial charge in [0.2, 0.25) is 0 Å². The Bertz CT molecular complexity index is 615. The molecule has 2 rings (SSSR count). The molecule has 1 nitrogen and oxygen atoms in total. The molecule has 18 heavy (non-hydrogen) atoms. The first-order valence-electron chi connectivity index (χ1n) is 5.86. The lowest BCUT2D eigenvalue weighted by Gasteiger charge is -2.11. The second-order valence-corrected chi connectivity index (χ2v) is 4.64. The van der Waals surface area contributed by atoms with Crippen molar-refractivity contribution in [3.63, 3.8) is 0 Å². The SMILES string of the molecule is Cc1ccc(-c2cc(C)cc(C)c2C=O)c(F)c1. The van der Waals surface area contributed by atoms with E-state index in [1.165, 1.54) is 6.07 Å². The lowest BCUT2D eigenvalue weighted by atomic mass is 9.93. The summed E-state index contributed by atoms with van der Waals surface area (Å²) >= 11 is 0. The minimum absolute atomic E-state index is 0.289. The largest absolute Gasteiger partial charge is 0.298 e. The van der Waals surface area contributed by atoms with Crippen LogP contribution in [-0.4, -0.2) is 6.29 Å². The van der Waals surface area contributed by atoms with E-state index >= 15 is 0 Å². The molecule has 0 aliphatic rings. The lowest BCUT2D eigenvalue weighted by molar-refractivity contribution is 0.112. The molecule has 0 amide bonds. The Morgan fingerprint density at radius 1 is 0.944 bits per heavy atom. The Labute approximate surface area is 106 Å². The third kappa shape index (κ3) is 2.19. The average molecular weight is 242 g/mol. The van der Waals surface area contributed by atoms with Crippen LogP contribution >= 0.6 is 0 Å². The fourth-order valence-electron chi connectivity index (χ4n) is 2.20. The summed E-state index contributed by atoms with van der Waals surface area (Å²) in [6.07, 6.45) is 0.795. The number of carbonyl (C=O) groups is 1. The van der Waals surface area contributed by atoms with Gasteiger partial charge in [0.05, 0.1) is 0 Å². The van der Waals surface area contributed by atoms with Crippen molar-refractivity contribution in [2.75, 3.05) is 0 Å². The molecule has 0 fully saturated rings. The van der Waals surface area contributed by atoms with Crippen LogP contribution in [0, 0.1) is 26.6 Å². The molecule has 0 saturated heterocycles. The van der Waals surface area contributed by atoms with Crippen LogP contribution in [0.3, 0.4) is 0 Å². The molecule has 0 heterocycles. The Balaban J connectivity index is 2.73. The van der Waals surface area contributed by atoms with E-state index in [-0.39, 0.29) is 5.82 Å². The van der Waals surface area contributed by atoms with Gasteiger partial charge in [-0.2, -0.15) is 0 Å². The zero-order valence-corrected chi connectivity index (χ0v) is 10.8. The molecule has 0 spiro atoms. The fourth-order valence-corrected chi connectivity index (χ4v) is 2.20. The summed E-state index contributed by atoms with van der Waals surface area (Å²) in [7, 11) is 0. The van der Waals surface area contributed by atoms with Gasteiger partial charge in [0.15, 0.2) is 6.29 Å². The Kier molecular flexibility index (Phi) is 3.28. The standard InChI is InChI=1S/C16H15FO/c1-10-4-5-13(16(17)8-10)14-7-11(2)6-12(3)15(14)9-18/h4-9H,1-3H3. The molecule has 2 heteroatoms. The number of hydrogen-bond donors (Lipinski definition) is 0. The smallest absolute Gasteiger partial charge is 0.150 e. The van der Waals surface area contributed by atoms with Gasteiger partial charge >= 0.3 is 0 Å². The summed E-state index contributed by atoms with van der Waals surface area (Å²) in [5, 5.41) is 0. The van der Waals surface area contributed by atoms with Crippen molar-refractivity contribution in [3.8, 4) is 11.1 Å². The van der Waals surface area contributed by atoms with E-state index < -0.39 is 0 Å². The van der Waals surface area contributed by atoms with Crippen molar-refractivity contribution in [1.29, 1.82) is 0 Å². The van der Waals surface area contributed by atoms with Gasteiger partial charge in [-0.3, -0.25) is 4.79 Å². The molecule has 0 radical (unpaired) electrons. The molecule has 92 valence electrons. The lowest BCUT2D eigenvalue weighted by Crippen LogP contribution is -1.96. The van der Waals surface area contributed by atoms with E-state index in [2.05, 4.69) is 0 Å². The fraction of sp³-hybridized carbons (Fsp3) is 0.188. The van der Waals surface area contributed by atoms with Gasteiger partial charge in [0.1, 0.15) is 5.82 Å².